The summed E-state index contributed by atoms with van der Waals surface area (Å²) in [4.78, 5) is 33.5. The smallest absolute Gasteiger partial charge is 0.266 e. The molecule has 25 heavy (non-hydrogen) atoms. The van der Waals surface area contributed by atoms with E-state index in [1.54, 1.807) is 18.7 Å². The molecule has 130 valence electrons. The monoisotopic (exact) mass is 373 g/mol. The van der Waals surface area contributed by atoms with Gasteiger partial charge in [-0.1, -0.05) is 17.7 Å². The lowest BCUT2D eigenvalue weighted by Gasteiger charge is -2.08. The van der Waals surface area contributed by atoms with Gasteiger partial charge in [0.25, 0.3) is 11.5 Å². The molecule has 0 radical (unpaired) electrons. The van der Waals surface area contributed by atoms with E-state index in [-0.39, 0.29) is 11.5 Å². The molecule has 0 aliphatic carbocycles. The average molecular weight is 374 g/mol. The summed E-state index contributed by atoms with van der Waals surface area (Å²) in [6, 6.07) is 5.88. The van der Waals surface area contributed by atoms with Crippen molar-refractivity contribution in [3.05, 3.63) is 55.9 Å². The molecule has 2 heterocycles. The Morgan fingerprint density at radius 2 is 2.08 bits per heavy atom. The van der Waals surface area contributed by atoms with Crippen LogP contribution >= 0.6 is 23.1 Å². The lowest BCUT2D eigenvalue weighted by Crippen LogP contribution is -2.13. The Morgan fingerprint density at radius 1 is 1.32 bits per heavy atom. The summed E-state index contributed by atoms with van der Waals surface area (Å²) >= 11 is 2.85. The summed E-state index contributed by atoms with van der Waals surface area (Å²) in [5.74, 6) is 1.05. The lowest BCUT2D eigenvalue weighted by molar-refractivity contribution is 0.103. The number of nitrogens with zero attached hydrogens (tertiary/aromatic N) is 1. The SMILES string of the molecule is CSCc1nc2sc(C(=O)Nc3ccc(C)cc3C)c(C)c2c(=O)[nH]1. The van der Waals surface area contributed by atoms with E-state index < -0.39 is 0 Å². The van der Waals surface area contributed by atoms with E-state index in [1.165, 1.54) is 11.3 Å². The first kappa shape index (κ1) is 17.7. The predicted molar refractivity (Wildman–Crippen MR) is 106 cm³/mol. The van der Waals surface area contributed by atoms with Crippen molar-refractivity contribution >= 4 is 44.9 Å². The average Bonchev–Trinajstić information content (AvgIpc) is 2.88. The van der Waals surface area contributed by atoms with Crippen molar-refractivity contribution in [3.8, 4) is 0 Å². The van der Waals surface area contributed by atoms with E-state index in [1.807, 2.05) is 38.3 Å². The number of anilines is 1. The molecule has 2 N–H and O–H groups in total. The van der Waals surface area contributed by atoms with Gasteiger partial charge in [-0.15, -0.1) is 11.3 Å². The van der Waals surface area contributed by atoms with Crippen LogP contribution in [0.25, 0.3) is 10.2 Å². The molecule has 0 spiro atoms. The molecule has 7 heteroatoms. The maximum absolute atomic E-state index is 12.7. The number of amides is 1. The Morgan fingerprint density at radius 3 is 2.76 bits per heavy atom. The summed E-state index contributed by atoms with van der Waals surface area (Å²) in [7, 11) is 0. The molecule has 2 aromatic heterocycles. The number of aryl methyl sites for hydroxylation is 3. The highest BCUT2D eigenvalue weighted by atomic mass is 32.2. The molecule has 0 saturated heterocycles. The third kappa shape index (κ3) is 3.48. The number of thiophene rings is 1. The van der Waals surface area contributed by atoms with Gasteiger partial charge in [0, 0.05) is 5.69 Å². The van der Waals surface area contributed by atoms with Gasteiger partial charge in [0.05, 0.1) is 16.0 Å². The molecular weight excluding hydrogens is 354 g/mol. The van der Waals surface area contributed by atoms with Gasteiger partial charge >= 0.3 is 0 Å². The summed E-state index contributed by atoms with van der Waals surface area (Å²) in [5, 5.41) is 3.44. The zero-order valence-electron chi connectivity index (χ0n) is 14.5. The van der Waals surface area contributed by atoms with E-state index in [0.717, 1.165) is 16.8 Å². The van der Waals surface area contributed by atoms with Crippen LogP contribution in [0.1, 0.15) is 32.2 Å². The molecule has 0 bridgehead atoms. The fourth-order valence-electron chi connectivity index (χ4n) is 2.74. The van der Waals surface area contributed by atoms with Gasteiger partial charge in [-0.2, -0.15) is 11.8 Å². The molecule has 0 aliphatic rings. The molecule has 5 nitrogen and oxygen atoms in total. The Labute approximate surface area is 153 Å². The standard InChI is InChI=1S/C18H19N3O2S2/c1-9-5-6-12(10(2)7-9)19-17(23)15-11(3)14-16(22)20-13(8-24-4)21-18(14)25-15/h5-7H,8H2,1-4H3,(H,19,23)(H,20,21,22). The fourth-order valence-corrected chi connectivity index (χ4v) is 4.25. The second kappa shape index (κ2) is 7.01. The quantitative estimate of drug-likeness (QED) is 0.724. The molecular formula is C18H19N3O2S2. The van der Waals surface area contributed by atoms with Gasteiger partial charge in [-0.3, -0.25) is 9.59 Å². The van der Waals surface area contributed by atoms with E-state index in [4.69, 9.17) is 0 Å². The number of carbonyl (C=O) groups excluding carboxylic acids is 1. The number of aromatic amines is 1. The fraction of sp³-hybridized carbons (Fsp3) is 0.278. The first-order chi connectivity index (χ1) is 11.9. The number of carbonyl (C=O) groups is 1. The second-order valence-electron chi connectivity index (χ2n) is 5.95. The van der Waals surface area contributed by atoms with Gasteiger partial charge in [0.15, 0.2) is 0 Å². The Hall–Kier alpha value is -2.12. The number of hydrogen-bond donors (Lipinski definition) is 2. The zero-order chi connectivity index (χ0) is 18.1. The number of aromatic nitrogens is 2. The maximum atomic E-state index is 12.7. The molecule has 0 fully saturated rings. The van der Waals surface area contributed by atoms with E-state index in [2.05, 4.69) is 15.3 Å². The van der Waals surface area contributed by atoms with Gasteiger partial charge in [-0.05, 0) is 44.2 Å². The Kier molecular flexibility index (Phi) is 4.96. The molecule has 0 aliphatic heterocycles. The Bertz CT molecular complexity index is 1020. The summed E-state index contributed by atoms with van der Waals surface area (Å²) in [6.45, 7) is 5.76. The van der Waals surface area contributed by atoms with Gasteiger partial charge in [0.1, 0.15) is 10.7 Å². The van der Waals surface area contributed by atoms with Crippen LogP contribution < -0.4 is 10.9 Å². The van der Waals surface area contributed by atoms with E-state index in [9.17, 15) is 9.59 Å². The highest BCUT2D eigenvalue weighted by molar-refractivity contribution is 7.97. The Balaban J connectivity index is 2.00. The van der Waals surface area contributed by atoms with Crippen molar-refractivity contribution in [2.45, 2.75) is 26.5 Å². The van der Waals surface area contributed by atoms with Gasteiger partial charge < -0.3 is 10.3 Å². The normalized spacial score (nSPS) is 11.0. The highest BCUT2D eigenvalue weighted by Gasteiger charge is 2.19. The molecule has 1 amide bonds. The summed E-state index contributed by atoms with van der Waals surface area (Å²) in [5.41, 5.74) is 3.41. The number of rotatable bonds is 4. The number of nitrogens with one attached hydrogen (secondary N) is 2. The van der Waals surface area contributed by atoms with Crippen LogP contribution in [0.4, 0.5) is 5.69 Å². The number of benzene rings is 1. The topological polar surface area (TPSA) is 74.8 Å². The molecule has 0 atom stereocenters. The minimum atomic E-state index is -0.210. The van der Waals surface area contributed by atoms with Crippen molar-refractivity contribution < 1.29 is 4.79 Å². The number of hydrogen-bond acceptors (Lipinski definition) is 5. The van der Waals surface area contributed by atoms with Crippen LogP contribution in [0.5, 0.6) is 0 Å². The maximum Gasteiger partial charge on any atom is 0.266 e. The summed E-state index contributed by atoms with van der Waals surface area (Å²) < 4.78 is 0. The van der Waals surface area contributed by atoms with Crippen molar-refractivity contribution in [2.75, 3.05) is 11.6 Å². The first-order valence-corrected chi connectivity index (χ1v) is 10.0. The van der Waals surface area contributed by atoms with E-state index in [0.29, 0.717) is 32.2 Å². The number of fused-ring (bicyclic) bond motifs is 1. The summed E-state index contributed by atoms with van der Waals surface area (Å²) in [6.07, 6.45) is 1.95. The first-order valence-electron chi connectivity index (χ1n) is 7.80. The highest BCUT2D eigenvalue weighted by Crippen LogP contribution is 2.28. The van der Waals surface area contributed by atoms with Crippen molar-refractivity contribution in [1.29, 1.82) is 0 Å². The number of thioether (sulfide) groups is 1. The molecule has 0 unspecified atom stereocenters. The van der Waals surface area contributed by atoms with Gasteiger partial charge in [-0.25, -0.2) is 4.98 Å². The van der Waals surface area contributed by atoms with Crippen LogP contribution in [0.3, 0.4) is 0 Å². The van der Waals surface area contributed by atoms with Crippen LogP contribution in [0.2, 0.25) is 0 Å². The largest absolute Gasteiger partial charge is 0.321 e. The van der Waals surface area contributed by atoms with Crippen molar-refractivity contribution in [1.82, 2.24) is 9.97 Å². The third-order valence-corrected chi connectivity index (χ3v) is 5.71. The van der Waals surface area contributed by atoms with Gasteiger partial charge in [0.2, 0.25) is 0 Å². The van der Waals surface area contributed by atoms with Crippen molar-refractivity contribution in [3.63, 3.8) is 0 Å². The molecule has 3 aromatic rings. The predicted octanol–water partition coefficient (Wildman–Crippen LogP) is 4.03. The van der Waals surface area contributed by atoms with Crippen LogP contribution in [-0.4, -0.2) is 22.1 Å². The van der Waals surface area contributed by atoms with E-state index >= 15 is 0 Å². The lowest BCUT2D eigenvalue weighted by atomic mass is 10.1. The number of H-pyrrole nitrogens is 1. The van der Waals surface area contributed by atoms with Crippen molar-refractivity contribution in [2.24, 2.45) is 0 Å². The second-order valence-corrected chi connectivity index (χ2v) is 7.82. The van der Waals surface area contributed by atoms with Crippen LogP contribution in [-0.2, 0) is 5.75 Å². The molecule has 0 saturated carbocycles. The molecule has 3 rings (SSSR count). The minimum absolute atomic E-state index is 0.187. The third-order valence-electron chi connectivity index (χ3n) is 3.97. The van der Waals surface area contributed by atoms with Crippen LogP contribution in [0, 0.1) is 20.8 Å². The van der Waals surface area contributed by atoms with Crippen LogP contribution in [0.15, 0.2) is 23.0 Å². The minimum Gasteiger partial charge on any atom is -0.321 e. The molecule has 1 aromatic carbocycles. The zero-order valence-corrected chi connectivity index (χ0v) is 16.2.